The summed E-state index contributed by atoms with van der Waals surface area (Å²) in [5.74, 6) is 0.415. The minimum absolute atomic E-state index is 0.0802. The van der Waals surface area contributed by atoms with E-state index < -0.39 is 10.0 Å². The predicted octanol–water partition coefficient (Wildman–Crippen LogP) is 4.28. The molecule has 2 N–H and O–H groups in total. The Bertz CT molecular complexity index is 1590. The van der Waals surface area contributed by atoms with Crippen molar-refractivity contribution in [2.24, 2.45) is 0 Å². The van der Waals surface area contributed by atoms with Crippen LogP contribution in [0.15, 0.2) is 83.1 Å². The van der Waals surface area contributed by atoms with Gasteiger partial charge in [0.05, 0.1) is 15.5 Å². The number of benzene rings is 2. The Labute approximate surface area is 199 Å². The highest BCUT2D eigenvalue weighted by Gasteiger charge is 2.16. The average molecular weight is 491 g/mol. The molecular weight excluding hydrogens is 472 g/mol. The standard InChI is InChI=1S/C23H18N6O3S2/c1-15(30)24-17-7-9-19(10-8-17)34(31,32)28-18-5-2-4-16(14-18)20-11-12-22-25-26-23(29(22)27-20)21-6-3-13-33-21/h2-14,28H,1H3,(H,24,30). The first-order valence-electron chi connectivity index (χ1n) is 10.2. The van der Waals surface area contributed by atoms with Crippen LogP contribution in [0.3, 0.4) is 0 Å². The Morgan fingerprint density at radius 3 is 2.50 bits per heavy atom. The Morgan fingerprint density at radius 1 is 0.941 bits per heavy atom. The number of thiophene rings is 1. The molecule has 5 aromatic rings. The summed E-state index contributed by atoms with van der Waals surface area (Å²) < 4.78 is 30.0. The van der Waals surface area contributed by atoms with Crippen LogP contribution in [0.2, 0.25) is 0 Å². The fourth-order valence-corrected chi connectivity index (χ4v) is 5.12. The molecule has 0 spiro atoms. The Hall–Kier alpha value is -4.09. The van der Waals surface area contributed by atoms with Crippen LogP contribution in [0, 0.1) is 0 Å². The van der Waals surface area contributed by atoms with Crippen LogP contribution in [0.4, 0.5) is 11.4 Å². The molecule has 9 nitrogen and oxygen atoms in total. The lowest BCUT2D eigenvalue weighted by atomic mass is 10.1. The molecule has 3 aromatic heterocycles. The van der Waals surface area contributed by atoms with Crippen molar-refractivity contribution in [3.8, 4) is 22.0 Å². The molecule has 0 aliphatic heterocycles. The molecule has 11 heteroatoms. The van der Waals surface area contributed by atoms with Crippen molar-refractivity contribution in [2.45, 2.75) is 11.8 Å². The third-order valence-corrected chi connectivity index (χ3v) is 7.16. The zero-order valence-corrected chi connectivity index (χ0v) is 19.5. The minimum atomic E-state index is -3.83. The number of rotatable bonds is 6. The highest BCUT2D eigenvalue weighted by Crippen LogP contribution is 2.26. The number of carbonyl (C=O) groups excluding carboxylic acids is 1. The number of anilines is 2. The van der Waals surface area contributed by atoms with Crippen LogP contribution in [0.25, 0.3) is 27.6 Å². The van der Waals surface area contributed by atoms with Gasteiger partial charge in [-0.2, -0.15) is 9.61 Å². The number of sulfonamides is 1. The van der Waals surface area contributed by atoms with Crippen LogP contribution in [-0.4, -0.2) is 34.1 Å². The van der Waals surface area contributed by atoms with Gasteiger partial charge in [-0.15, -0.1) is 21.5 Å². The molecular formula is C23H18N6O3S2. The molecule has 170 valence electrons. The summed E-state index contributed by atoms with van der Waals surface area (Å²) in [4.78, 5) is 12.2. The van der Waals surface area contributed by atoms with Gasteiger partial charge in [-0.05, 0) is 60.0 Å². The normalized spacial score (nSPS) is 11.4. The van der Waals surface area contributed by atoms with E-state index in [1.807, 2.05) is 35.7 Å². The molecule has 0 saturated heterocycles. The smallest absolute Gasteiger partial charge is 0.261 e. The van der Waals surface area contributed by atoms with Crippen molar-refractivity contribution < 1.29 is 13.2 Å². The monoisotopic (exact) mass is 490 g/mol. The highest BCUT2D eigenvalue weighted by molar-refractivity contribution is 7.92. The zero-order chi connectivity index (χ0) is 23.7. The lowest BCUT2D eigenvalue weighted by molar-refractivity contribution is -0.114. The first-order valence-corrected chi connectivity index (χ1v) is 12.5. The van der Waals surface area contributed by atoms with Crippen molar-refractivity contribution >= 4 is 44.3 Å². The lowest BCUT2D eigenvalue weighted by Gasteiger charge is -2.10. The van der Waals surface area contributed by atoms with Gasteiger partial charge in [0.15, 0.2) is 11.5 Å². The fourth-order valence-electron chi connectivity index (χ4n) is 3.38. The molecule has 0 atom stereocenters. The molecule has 0 unspecified atom stereocenters. The largest absolute Gasteiger partial charge is 0.326 e. The summed E-state index contributed by atoms with van der Waals surface area (Å²) in [6, 6.07) is 20.5. The van der Waals surface area contributed by atoms with Gasteiger partial charge in [0.25, 0.3) is 10.0 Å². The molecule has 0 fully saturated rings. The van der Waals surface area contributed by atoms with E-state index in [0.29, 0.717) is 28.5 Å². The number of hydrogen-bond donors (Lipinski definition) is 2. The van der Waals surface area contributed by atoms with Crippen molar-refractivity contribution in [2.75, 3.05) is 10.0 Å². The number of carbonyl (C=O) groups is 1. The van der Waals surface area contributed by atoms with Crippen molar-refractivity contribution in [1.29, 1.82) is 0 Å². The molecule has 3 heterocycles. The highest BCUT2D eigenvalue weighted by atomic mass is 32.2. The van der Waals surface area contributed by atoms with Gasteiger partial charge in [0.2, 0.25) is 5.91 Å². The van der Waals surface area contributed by atoms with E-state index in [2.05, 4.69) is 25.3 Å². The topological polar surface area (TPSA) is 118 Å². The van der Waals surface area contributed by atoms with E-state index in [9.17, 15) is 13.2 Å². The third kappa shape index (κ3) is 4.38. The molecule has 1 amide bonds. The fraction of sp³-hybridized carbons (Fsp3) is 0.0435. The summed E-state index contributed by atoms with van der Waals surface area (Å²) in [6.07, 6.45) is 0. The van der Waals surface area contributed by atoms with Gasteiger partial charge in [-0.3, -0.25) is 9.52 Å². The molecule has 0 aliphatic carbocycles. The number of aromatic nitrogens is 4. The van der Waals surface area contributed by atoms with Crippen LogP contribution in [-0.2, 0) is 14.8 Å². The van der Waals surface area contributed by atoms with E-state index in [0.717, 1.165) is 10.4 Å². The van der Waals surface area contributed by atoms with E-state index in [1.165, 1.54) is 31.2 Å². The Morgan fingerprint density at radius 2 is 1.76 bits per heavy atom. The summed E-state index contributed by atoms with van der Waals surface area (Å²) in [5.41, 5.74) is 2.91. The molecule has 0 radical (unpaired) electrons. The number of fused-ring (bicyclic) bond motifs is 1. The van der Waals surface area contributed by atoms with Crippen molar-refractivity contribution in [3.05, 3.63) is 78.2 Å². The second-order valence-electron chi connectivity index (χ2n) is 7.38. The van der Waals surface area contributed by atoms with Crippen LogP contribution in [0.5, 0.6) is 0 Å². The van der Waals surface area contributed by atoms with Crippen LogP contribution >= 0.6 is 11.3 Å². The van der Waals surface area contributed by atoms with Crippen LogP contribution in [0.1, 0.15) is 6.92 Å². The number of hydrogen-bond acceptors (Lipinski definition) is 7. The van der Waals surface area contributed by atoms with E-state index >= 15 is 0 Å². The van der Waals surface area contributed by atoms with Gasteiger partial charge >= 0.3 is 0 Å². The molecule has 5 rings (SSSR count). The SMILES string of the molecule is CC(=O)Nc1ccc(S(=O)(=O)Nc2cccc(-c3ccc4nnc(-c5cccs5)n4n3)c2)cc1. The summed E-state index contributed by atoms with van der Waals surface area (Å²) >= 11 is 1.55. The maximum absolute atomic E-state index is 12.9. The van der Waals surface area contributed by atoms with E-state index in [4.69, 9.17) is 0 Å². The van der Waals surface area contributed by atoms with Gasteiger partial charge in [-0.25, -0.2) is 8.42 Å². The zero-order valence-electron chi connectivity index (χ0n) is 17.8. The Balaban J connectivity index is 1.43. The quantitative estimate of drug-likeness (QED) is 0.367. The lowest BCUT2D eigenvalue weighted by Crippen LogP contribution is -2.13. The summed E-state index contributed by atoms with van der Waals surface area (Å²) in [7, 11) is -3.83. The number of nitrogens with one attached hydrogen (secondary N) is 2. The maximum Gasteiger partial charge on any atom is 0.261 e. The Kier molecular flexibility index (Phi) is 5.56. The van der Waals surface area contributed by atoms with Gasteiger partial charge in [0.1, 0.15) is 0 Å². The van der Waals surface area contributed by atoms with Crippen LogP contribution < -0.4 is 10.0 Å². The predicted molar refractivity (Wildman–Crippen MR) is 131 cm³/mol. The number of amides is 1. The van der Waals surface area contributed by atoms with Crippen molar-refractivity contribution in [1.82, 2.24) is 19.8 Å². The van der Waals surface area contributed by atoms with Gasteiger partial charge in [-0.1, -0.05) is 18.2 Å². The minimum Gasteiger partial charge on any atom is -0.326 e. The average Bonchev–Trinajstić information content (AvgIpc) is 3.48. The molecule has 2 aromatic carbocycles. The summed E-state index contributed by atoms with van der Waals surface area (Å²) in [5, 5.41) is 17.7. The summed E-state index contributed by atoms with van der Waals surface area (Å²) in [6.45, 7) is 1.39. The first-order chi connectivity index (χ1) is 16.4. The van der Waals surface area contributed by atoms with E-state index in [-0.39, 0.29) is 10.8 Å². The first kappa shape index (κ1) is 21.7. The maximum atomic E-state index is 12.9. The van der Waals surface area contributed by atoms with E-state index in [1.54, 1.807) is 34.1 Å². The molecule has 34 heavy (non-hydrogen) atoms. The van der Waals surface area contributed by atoms with Crippen molar-refractivity contribution in [3.63, 3.8) is 0 Å². The number of nitrogens with zero attached hydrogens (tertiary/aromatic N) is 4. The van der Waals surface area contributed by atoms with Gasteiger partial charge < -0.3 is 5.32 Å². The molecule has 0 aliphatic rings. The molecule has 0 saturated carbocycles. The molecule has 0 bridgehead atoms. The second kappa shape index (κ2) is 8.69. The second-order valence-corrected chi connectivity index (χ2v) is 10.0. The van der Waals surface area contributed by atoms with Gasteiger partial charge in [0, 0.05) is 23.9 Å². The third-order valence-electron chi connectivity index (χ3n) is 4.90.